The van der Waals surface area contributed by atoms with Gasteiger partial charge in [-0.15, -0.1) is 11.6 Å². The average Bonchev–Trinajstić information content (AvgIpc) is 2.69. The molecule has 3 nitrogen and oxygen atoms in total. The van der Waals surface area contributed by atoms with E-state index in [2.05, 4.69) is 0 Å². The molecule has 2 rings (SSSR count). The van der Waals surface area contributed by atoms with Crippen molar-refractivity contribution in [2.24, 2.45) is 0 Å². The van der Waals surface area contributed by atoms with Crippen molar-refractivity contribution in [1.29, 1.82) is 0 Å². The fourth-order valence-electron chi connectivity index (χ4n) is 1.54. The molecule has 0 saturated heterocycles. The molecule has 1 aromatic heterocycles. The maximum atomic E-state index is 11.3. The Morgan fingerprint density at radius 2 is 2.19 bits per heavy atom. The Morgan fingerprint density at radius 3 is 2.88 bits per heavy atom. The number of hydrogen-bond acceptors (Lipinski definition) is 2. The van der Waals surface area contributed by atoms with Crippen molar-refractivity contribution in [1.82, 2.24) is 4.90 Å². The normalized spacial score (nSPS) is 10.6. The van der Waals surface area contributed by atoms with Crippen LogP contribution in [0.4, 0.5) is 0 Å². The highest BCUT2D eigenvalue weighted by Gasteiger charge is 2.10. The number of nitrogens with zero attached hydrogens (tertiary/aromatic N) is 1. The first kappa shape index (κ1) is 11.0. The van der Waals surface area contributed by atoms with E-state index in [4.69, 9.17) is 16.0 Å². The predicted molar refractivity (Wildman–Crippen MR) is 63.4 cm³/mol. The van der Waals surface area contributed by atoms with Gasteiger partial charge in [0.05, 0.1) is 6.54 Å². The summed E-state index contributed by atoms with van der Waals surface area (Å²) >= 11 is 5.47. The highest BCUT2D eigenvalue weighted by molar-refractivity contribution is 6.27. The second-order valence-electron chi connectivity index (χ2n) is 3.63. The van der Waals surface area contributed by atoms with Gasteiger partial charge >= 0.3 is 0 Å². The molecule has 1 aromatic carbocycles. The van der Waals surface area contributed by atoms with Gasteiger partial charge in [0, 0.05) is 12.4 Å². The van der Waals surface area contributed by atoms with Gasteiger partial charge in [-0.05, 0) is 12.1 Å². The number of para-hydroxylation sites is 1. The van der Waals surface area contributed by atoms with Crippen molar-refractivity contribution in [3.8, 4) is 0 Å². The Labute approximate surface area is 98.6 Å². The molecule has 0 saturated carbocycles. The first-order valence-electron chi connectivity index (χ1n) is 4.98. The predicted octanol–water partition coefficient (Wildman–Crippen LogP) is 2.63. The molecule has 0 bridgehead atoms. The van der Waals surface area contributed by atoms with Gasteiger partial charge in [0.2, 0.25) is 5.91 Å². The maximum Gasteiger partial charge on any atom is 0.237 e. The lowest BCUT2D eigenvalue weighted by molar-refractivity contribution is -0.127. The number of alkyl halides is 1. The van der Waals surface area contributed by atoms with E-state index < -0.39 is 0 Å². The van der Waals surface area contributed by atoms with E-state index in [1.54, 1.807) is 11.9 Å². The van der Waals surface area contributed by atoms with Crippen molar-refractivity contribution in [3.63, 3.8) is 0 Å². The summed E-state index contributed by atoms with van der Waals surface area (Å²) in [6.07, 6.45) is 0. The average molecular weight is 238 g/mol. The minimum atomic E-state index is -0.109. The van der Waals surface area contributed by atoms with Crippen molar-refractivity contribution in [3.05, 3.63) is 36.1 Å². The number of benzene rings is 1. The van der Waals surface area contributed by atoms with Crippen LogP contribution in [0.3, 0.4) is 0 Å². The number of halogens is 1. The topological polar surface area (TPSA) is 33.5 Å². The van der Waals surface area contributed by atoms with Crippen LogP contribution in [0, 0.1) is 0 Å². The largest absolute Gasteiger partial charge is 0.459 e. The third-order valence-corrected chi connectivity index (χ3v) is 2.64. The molecule has 0 unspecified atom stereocenters. The van der Waals surface area contributed by atoms with Gasteiger partial charge in [-0.3, -0.25) is 4.79 Å². The van der Waals surface area contributed by atoms with Gasteiger partial charge in [0.15, 0.2) is 0 Å². The van der Waals surface area contributed by atoms with Crippen LogP contribution < -0.4 is 0 Å². The lowest BCUT2D eigenvalue weighted by Crippen LogP contribution is -2.26. The lowest BCUT2D eigenvalue weighted by atomic mass is 10.2. The highest BCUT2D eigenvalue weighted by atomic mass is 35.5. The maximum absolute atomic E-state index is 11.3. The van der Waals surface area contributed by atoms with E-state index in [0.29, 0.717) is 6.54 Å². The molecule has 1 amide bonds. The minimum Gasteiger partial charge on any atom is -0.459 e. The number of fused-ring (bicyclic) bond motifs is 1. The van der Waals surface area contributed by atoms with Crippen LogP contribution in [0.2, 0.25) is 0 Å². The molecule has 2 aromatic rings. The van der Waals surface area contributed by atoms with Gasteiger partial charge in [-0.2, -0.15) is 0 Å². The van der Waals surface area contributed by atoms with Crippen molar-refractivity contribution in [2.45, 2.75) is 6.54 Å². The number of furan rings is 1. The first-order valence-corrected chi connectivity index (χ1v) is 5.51. The number of amides is 1. The molecule has 16 heavy (non-hydrogen) atoms. The van der Waals surface area contributed by atoms with Crippen LogP contribution >= 0.6 is 11.6 Å². The zero-order chi connectivity index (χ0) is 11.5. The summed E-state index contributed by atoms with van der Waals surface area (Å²) in [7, 11) is 1.71. The molecular weight excluding hydrogens is 226 g/mol. The number of carbonyl (C=O) groups is 1. The van der Waals surface area contributed by atoms with Crippen LogP contribution in [0.25, 0.3) is 11.0 Å². The molecular formula is C12H12ClNO2. The van der Waals surface area contributed by atoms with E-state index in [-0.39, 0.29) is 11.8 Å². The minimum absolute atomic E-state index is 0.00325. The Bertz CT molecular complexity index is 473. The number of carbonyl (C=O) groups excluding carboxylic acids is 1. The molecule has 0 atom stereocenters. The van der Waals surface area contributed by atoms with E-state index >= 15 is 0 Å². The summed E-state index contributed by atoms with van der Waals surface area (Å²) in [5.74, 6) is 0.654. The second kappa shape index (κ2) is 4.58. The SMILES string of the molecule is CN(Cc1cc2ccccc2o1)C(=O)CCl. The molecule has 0 fully saturated rings. The number of rotatable bonds is 3. The zero-order valence-corrected chi connectivity index (χ0v) is 9.70. The highest BCUT2D eigenvalue weighted by Crippen LogP contribution is 2.19. The lowest BCUT2D eigenvalue weighted by Gasteiger charge is -2.13. The fourth-order valence-corrected chi connectivity index (χ4v) is 1.74. The summed E-state index contributed by atoms with van der Waals surface area (Å²) in [6.45, 7) is 0.445. The monoisotopic (exact) mass is 237 g/mol. The van der Waals surface area contributed by atoms with Crippen molar-refractivity contribution < 1.29 is 9.21 Å². The Balaban J connectivity index is 2.18. The van der Waals surface area contributed by atoms with Crippen molar-refractivity contribution >= 4 is 28.5 Å². The van der Waals surface area contributed by atoms with Crippen LogP contribution in [0.1, 0.15) is 5.76 Å². The van der Waals surface area contributed by atoms with Crippen LogP contribution in [0.15, 0.2) is 34.7 Å². The van der Waals surface area contributed by atoms with Gasteiger partial charge in [0.1, 0.15) is 17.2 Å². The van der Waals surface area contributed by atoms with E-state index in [1.165, 1.54) is 0 Å². The summed E-state index contributed by atoms with van der Waals surface area (Å²) in [4.78, 5) is 12.8. The standard InChI is InChI=1S/C12H12ClNO2/c1-14(12(15)7-13)8-10-6-9-4-2-3-5-11(9)16-10/h2-6H,7-8H2,1H3. The van der Waals surface area contributed by atoms with Gasteiger partial charge < -0.3 is 9.32 Å². The molecule has 0 aliphatic heterocycles. The summed E-state index contributed by atoms with van der Waals surface area (Å²) in [5.41, 5.74) is 0.837. The first-order chi connectivity index (χ1) is 7.70. The Morgan fingerprint density at radius 1 is 1.44 bits per heavy atom. The molecule has 0 aliphatic rings. The van der Waals surface area contributed by atoms with Crippen LogP contribution in [-0.2, 0) is 11.3 Å². The fraction of sp³-hybridized carbons (Fsp3) is 0.250. The summed E-state index contributed by atoms with van der Waals surface area (Å²) in [5, 5.41) is 1.05. The second-order valence-corrected chi connectivity index (χ2v) is 3.90. The Kier molecular flexibility index (Phi) is 3.15. The summed E-state index contributed by atoms with van der Waals surface area (Å²) in [6, 6.07) is 9.69. The van der Waals surface area contributed by atoms with Crippen molar-refractivity contribution in [2.75, 3.05) is 12.9 Å². The Hall–Kier alpha value is -1.48. The van der Waals surface area contributed by atoms with Gasteiger partial charge in [0.25, 0.3) is 0 Å². The molecule has 0 N–H and O–H groups in total. The molecule has 0 aliphatic carbocycles. The third-order valence-electron chi connectivity index (χ3n) is 2.41. The molecule has 84 valence electrons. The molecule has 4 heteroatoms. The molecule has 0 spiro atoms. The van der Waals surface area contributed by atoms with E-state index in [9.17, 15) is 4.79 Å². The van der Waals surface area contributed by atoms with Gasteiger partial charge in [-0.1, -0.05) is 18.2 Å². The van der Waals surface area contributed by atoms with Crippen LogP contribution in [-0.4, -0.2) is 23.7 Å². The number of hydrogen-bond donors (Lipinski definition) is 0. The third kappa shape index (κ3) is 2.19. The van der Waals surface area contributed by atoms with Gasteiger partial charge in [-0.25, -0.2) is 0 Å². The molecule has 1 heterocycles. The smallest absolute Gasteiger partial charge is 0.237 e. The quantitative estimate of drug-likeness (QED) is 0.769. The van der Waals surface area contributed by atoms with E-state index in [1.807, 2.05) is 30.3 Å². The van der Waals surface area contributed by atoms with Crippen LogP contribution in [0.5, 0.6) is 0 Å². The zero-order valence-electron chi connectivity index (χ0n) is 8.94. The van der Waals surface area contributed by atoms with E-state index in [0.717, 1.165) is 16.7 Å². The molecule has 0 radical (unpaired) electrons. The summed E-state index contributed by atoms with van der Waals surface area (Å²) < 4.78 is 5.60.